The molecule has 1 aliphatic rings. The van der Waals surface area contributed by atoms with E-state index in [9.17, 15) is 19.2 Å². The lowest BCUT2D eigenvalue weighted by Gasteiger charge is -2.16. The zero-order chi connectivity index (χ0) is 20.8. The molecule has 0 saturated carbocycles. The predicted molar refractivity (Wildman–Crippen MR) is 109 cm³/mol. The first kappa shape index (κ1) is 20.6. The Morgan fingerprint density at radius 3 is 2.31 bits per heavy atom. The number of imide groups is 2. The fourth-order valence-corrected chi connectivity index (χ4v) is 3.73. The van der Waals surface area contributed by atoms with E-state index in [1.54, 1.807) is 12.1 Å². The van der Waals surface area contributed by atoms with Crippen molar-refractivity contribution in [1.29, 1.82) is 0 Å². The van der Waals surface area contributed by atoms with Crippen molar-refractivity contribution in [3.8, 4) is 0 Å². The predicted octanol–water partition coefficient (Wildman–Crippen LogP) is 3.37. The van der Waals surface area contributed by atoms with Crippen LogP contribution in [0.25, 0.3) is 0 Å². The van der Waals surface area contributed by atoms with Gasteiger partial charge in [-0.25, -0.2) is 9.69 Å². The van der Waals surface area contributed by atoms with Crippen LogP contribution in [0.4, 0.5) is 10.5 Å². The number of rotatable bonds is 8. The molecule has 2 aromatic carbocycles. The molecule has 7 nitrogen and oxygen atoms in total. The van der Waals surface area contributed by atoms with E-state index in [4.69, 9.17) is 0 Å². The van der Waals surface area contributed by atoms with Crippen LogP contribution in [0.15, 0.2) is 64.4 Å². The quantitative estimate of drug-likeness (QED) is 0.532. The maximum Gasteiger partial charge on any atom is 0.334 e. The van der Waals surface area contributed by atoms with Crippen LogP contribution in [0.5, 0.6) is 0 Å². The molecule has 1 N–H and O–H groups in total. The minimum atomic E-state index is -0.965. The zero-order valence-corrected chi connectivity index (χ0v) is 16.8. The van der Waals surface area contributed by atoms with E-state index in [1.165, 1.54) is 11.8 Å². The van der Waals surface area contributed by atoms with Gasteiger partial charge in [-0.1, -0.05) is 55.4 Å². The number of hydrogen-bond donors (Lipinski definition) is 1. The Labute approximate surface area is 173 Å². The van der Waals surface area contributed by atoms with Gasteiger partial charge >= 0.3 is 17.8 Å². The third-order valence-corrected chi connectivity index (χ3v) is 5.39. The van der Waals surface area contributed by atoms with E-state index in [0.717, 1.165) is 21.1 Å². The molecule has 0 radical (unpaired) electrons. The van der Waals surface area contributed by atoms with E-state index in [-0.39, 0.29) is 6.54 Å². The third-order valence-electron chi connectivity index (χ3n) is 4.30. The molecule has 1 heterocycles. The minimum absolute atomic E-state index is 0.175. The van der Waals surface area contributed by atoms with Gasteiger partial charge in [-0.05, 0) is 30.7 Å². The molecule has 0 aromatic heterocycles. The second-order valence-corrected chi connectivity index (χ2v) is 7.56. The van der Waals surface area contributed by atoms with E-state index in [1.807, 2.05) is 49.4 Å². The topological polar surface area (TPSA) is 86.8 Å². The number of para-hydroxylation sites is 1. The summed E-state index contributed by atoms with van der Waals surface area (Å²) in [7, 11) is 0. The van der Waals surface area contributed by atoms with Crippen molar-refractivity contribution >= 4 is 41.2 Å². The lowest BCUT2D eigenvalue weighted by Crippen LogP contribution is -2.39. The normalized spacial score (nSPS) is 13.9. The molecule has 29 heavy (non-hydrogen) atoms. The summed E-state index contributed by atoms with van der Waals surface area (Å²) < 4.78 is 0. The molecule has 2 aromatic rings. The summed E-state index contributed by atoms with van der Waals surface area (Å²) in [6.45, 7) is 1.59. The number of anilines is 1. The molecule has 0 bridgehead atoms. The van der Waals surface area contributed by atoms with Gasteiger partial charge in [0.2, 0.25) is 5.91 Å². The fraction of sp³-hybridized carbons (Fsp3) is 0.238. The van der Waals surface area contributed by atoms with Crippen LogP contribution in [0, 0.1) is 0 Å². The summed E-state index contributed by atoms with van der Waals surface area (Å²) in [6.07, 6.45) is 1.39. The largest absolute Gasteiger partial charge is 0.334 e. The maximum absolute atomic E-state index is 12.5. The van der Waals surface area contributed by atoms with E-state index < -0.39 is 30.3 Å². The van der Waals surface area contributed by atoms with E-state index in [0.29, 0.717) is 17.0 Å². The first-order valence-electron chi connectivity index (χ1n) is 9.30. The highest BCUT2D eigenvalue weighted by molar-refractivity contribution is 7.99. The third kappa shape index (κ3) is 4.83. The van der Waals surface area contributed by atoms with Crippen LogP contribution in [-0.4, -0.2) is 46.6 Å². The summed E-state index contributed by atoms with van der Waals surface area (Å²) in [4.78, 5) is 52.4. The Balaban J connectivity index is 1.68. The monoisotopic (exact) mass is 411 g/mol. The Morgan fingerprint density at radius 1 is 0.931 bits per heavy atom. The molecule has 1 aliphatic heterocycles. The summed E-state index contributed by atoms with van der Waals surface area (Å²) in [6, 6.07) is 16.2. The lowest BCUT2D eigenvalue weighted by molar-refractivity contribution is -0.143. The Morgan fingerprint density at radius 2 is 1.59 bits per heavy atom. The van der Waals surface area contributed by atoms with Crippen molar-refractivity contribution in [3.63, 3.8) is 0 Å². The first-order valence-corrected chi connectivity index (χ1v) is 10.1. The summed E-state index contributed by atoms with van der Waals surface area (Å²) >= 11 is 1.49. The molecule has 0 unspecified atom stereocenters. The minimum Gasteiger partial charge on any atom is -0.323 e. The van der Waals surface area contributed by atoms with Gasteiger partial charge in [0, 0.05) is 16.3 Å². The smallest absolute Gasteiger partial charge is 0.323 e. The number of hydrogen-bond acceptors (Lipinski definition) is 5. The van der Waals surface area contributed by atoms with Crippen LogP contribution < -0.4 is 5.32 Å². The van der Waals surface area contributed by atoms with Gasteiger partial charge in [0.25, 0.3) is 0 Å². The molecule has 0 aliphatic carbocycles. The highest BCUT2D eigenvalue weighted by Gasteiger charge is 2.44. The van der Waals surface area contributed by atoms with Crippen LogP contribution >= 0.6 is 11.8 Å². The second kappa shape index (κ2) is 9.38. The highest BCUT2D eigenvalue weighted by atomic mass is 32.2. The lowest BCUT2D eigenvalue weighted by atomic mass is 10.3. The van der Waals surface area contributed by atoms with Gasteiger partial charge in [-0.2, -0.15) is 0 Å². The number of nitrogens with zero attached hydrogens (tertiary/aromatic N) is 2. The number of carbonyl (C=O) groups is 4. The Kier molecular flexibility index (Phi) is 6.66. The van der Waals surface area contributed by atoms with Crippen LogP contribution in [-0.2, 0) is 14.4 Å². The SMILES string of the molecule is CCCCN1C(=O)C(=O)N(CC(=O)Nc2ccccc2Sc2ccccc2)C1=O. The number of amides is 5. The molecule has 5 amide bonds. The fourth-order valence-electron chi connectivity index (χ4n) is 2.81. The maximum atomic E-state index is 12.5. The van der Waals surface area contributed by atoms with Crippen molar-refractivity contribution in [2.45, 2.75) is 29.6 Å². The molecule has 1 saturated heterocycles. The number of unbranched alkanes of at least 4 members (excludes halogenated alkanes) is 1. The van der Waals surface area contributed by atoms with Crippen LogP contribution in [0.3, 0.4) is 0 Å². The van der Waals surface area contributed by atoms with E-state index in [2.05, 4.69) is 5.32 Å². The average Bonchev–Trinajstić information content (AvgIpc) is 2.92. The van der Waals surface area contributed by atoms with Gasteiger partial charge in [-0.3, -0.25) is 19.3 Å². The Bertz CT molecular complexity index is 933. The molecule has 150 valence electrons. The number of urea groups is 1. The van der Waals surface area contributed by atoms with Gasteiger partial charge in [0.1, 0.15) is 6.54 Å². The standard InChI is InChI=1S/C21H21N3O4S/c1-2-3-13-23-19(26)20(27)24(21(23)28)14-18(25)22-16-11-7-8-12-17(16)29-15-9-5-4-6-10-15/h4-12H,2-3,13-14H2,1H3,(H,22,25). The average molecular weight is 411 g/mol. The van der Waals surface area contributed by atoms with Crippen LogP contribution in [0.2, 0.25) is 0 Å². The molecule has 8 heteroatoms. The summed E-state index contributed by atoms with van der Waals surface area (Å²) in [5, 5.41) is 2.74. The van der Waals surface area contributed by atoms with Gasteiger partial charge < -0.3 is 5.32 Å². The van der Waals surface area contributed by atoms with Crippen LogP contribution in [0.1, 0.15) is 19.8 Å². The van der Waals surface area contributed by atoms with Gasteiger partial charge in [0.15, 0.2) is 0 Å². The first-order chi connectivity index (χ1) is 14.0. The Hall–Kier alpha value is -3.13. The van der Waals surface area contributed by atoms with E-state index >= 15 is 0 Å². The molecular formula is C21H21N3O4S. The van der Waals surface area contributed by atoms with Crippen molar-refractivity contribution in [1.82, 2.24) is 9.80 Å². The molecule has 0 spiro atoms. The second-order valence-electron chi connectivity index (χ2n) is 6.44. The molecule has 0 atom stereocenters. The number of nitrogens with one attached hydrogen (secondary N) is 1. The summed E-state index contributed by atoms with van der Waals surface area (Å²) in [5.74, 6) is -2.39. The summed E-state index contributed by atoms with van der Waals surface area (Å²) in [5.41, 5.74) is 0.569. The molecular weight excluding hydrogens is 390 g/mol. The number of carbonyl (C=O) groups excluding carboxylic acids is 4. The van der Waals surface area contributed by atoms with Gasteiger partial charge in [0.05, 0.1) is 5.69 Å². The van der Waals surface area contributed by atoms with Crippen molar-refractivity contribution in [3.05, 3.63) is 54.6 Å². The van der Waals surface area contributed by atoms with Crippen molar-refractivity contribution in [2.24, 2.45) is 0 Å². The molecule has 1 fully saturated rings. The molecule has 3 rings (SSSR count). The number of benzene rings is 2. The van der Waals surface area contributed by atoms with Crippen molar-refractivity contribution in [2.75, 3.05) is 18.4 Å². The van der Waals surface area contributed by atoms with Gasteiger partial charge in [-0.15, -0.1) is 0 Å². The highest BCUT2D eigenvalue weighted by Crippen LogP contribution is 2.33. The van der Waals surface area contributed by atoms with Crippen molar-refractivity contribution < 1.29 is 19.2 Å². The zero-order valence-electron chi connectivity index (χ0n) is 16.0.